The van der Waals surface area contributed by atoms with E-state index in [-0.39, 0.29) is 24.7 Å². The number of nitrogens with one attached hydrogen (secondary N) is 2. The lowest BCUT2D eigenvalue weighted by molar-refractivity contribution is -0.124. The zero-order valence-corrected chi connectivity index (χ0v) is 20.6. The maximum atomic E-state index is 12.9. The largest absolute Gasteiger partial charge is 0.379 e. The Labute approximate surface area is 210 Å². The molecule has 4 rings (SSSR count). The highest BCUT2D eigenvalue weighted by molar-refractivity contribution is 6.30. The quantitative estimate of drug-likeness (QED) is 0.473. The molecule has 1 saturated heterocycles. The van der Waals surface area contributed by atoms with Crippen LogP contribution >= 0.6 is 11.6 Å². The van der Waals surface area contributed by atoms with Gasteiger partial charge in [-0.1, -0.05) is 41.9 Å². The number of hydrogen-bond acceptors (Lipinski definition) is 5. The predicted molar refractivity (Wildman–Crippen MR) is 137 cm³/mol. The predicted octanol–water partition coefficient (Wildman–Crippen LogP) is 3.67. The average molecular weight is 496 g/mol. The molecule has 1 aromatic heterocycles. The van der Waals surface area contributed by atoms with Gasteiger partial charge in [0.1, 0.15) is 5.82 Å². The van der Waals surface area contributed by atoms with Crippen molar-refractivity contribution in [2.75, 3.05) is 44.7 Å². The third-order valence-electron chi connectivity index (χ3n) is 5.88. The molecule has 0 atom stereocenters. The van der Waals surface area contributed by atoms with Crippen LogP contribution in [0.25, 0.3) is 16.8 Å². The van der Waals surface area contributed by atoms with Gasteiger partial charge in [-0.05, 0) is 36.8 Å². The number of morpholine rings is 1. The fourth-order valence-corrected chi connectivity index (χ4v) is 4.18. The highest BCUT2D eigenvalue weighted by Gasteiger charge is 2.20. The van der Waals surface area contributed by atoms with Gasteiger partial charge in [-0.15, -0.1) is 0 Å². The smallest absolute Gasteiger partial charge is 0.226 e. The zero-order chi connectivity index (χ0) is 24.6. The molecule has 0 saturated carbocycles. The van der Waals surface area contributed by atoms with Crippen molar-refractivity contribution in [2.45, 2.75) is 19.8 Å². The summed E-state index contributed by atoms with van der Waals surface area (Å²) in [5.74, 6) is 0.174. The molecule has 1 aliphatic heterocycles. The van der Waals surface area contributed by atoms with Crippen molar-refractivity contribution in [1.29, 1.82) is 0 Å². The van der Waals surface area contributed by atoms with Crippen LogP contribution in [0.1, 0.15) is 18.5 Å². The molecule has 0 radical (unpaired) electrons. The van der Waals surface area contributed by atoms with Crippen LogP contribution in [0.5, 0.6) is 0 Å². The molecule has 8 nitrogen and oxygen atoms in total. The number of ether oxygens (including phenoxy) is 1. The topological polar surface area (TPSA) is 88.5 Å². The summed E-state index contributed by atoms with van der Waals surface area (Å²) in [6.07, 6.45) is 0.187. The Balaban J connectivity index is 1.42. The molecule has 2 aromatic carbocycles. The van der Waals surface area contributed by atoms with E-state index < -0.39 is 0 Å². The first-order valence-electron chi connectivity index (χ1n) is 11.8. The number of anilines is 1. The molecule has 9 heteroatoms. The fraction of sp³-hybridized carbons (Fsp3) is 0.346. The van der Waals surface area contributed by atoms with E-state index in [4.69, 9.17) is 16.3 Å². The van der Waals surface area contributed by atoms with Crippen molar-refractivity contribution in [2.24, 2.45) is 0 Å². The number of carbonyl (C=O) groups is 2. The van der Waals surface area contributed by atoms with Gasteiger partial charge in [0.2, 0.25) is 11.8 Å². The summed E-state index contributed by atoms with van der Waals surface area (Å²) in [4.78, 5) is 27.4. The molecule has 1 fully saturated rings. The van der Waals surface area contributed by atoms with Gasteiger partial charge in [0.05, 0.1) is 24.6 Å². The van der Waals surface area contributed by atoms with Crippen LogP contribution in [0.3, 0.4) is 0 Å². The minimum atomic E-state index is -0.249. The molecule has 0 aliphatic carbocycles. The number of hydrogen-bond donors (Lipinski definition) is 2. The maximum absolute atomic E-state index is 12.9. The van der Waals surface area contributed by atoms with Gasteiger partial charge < -0.3 is 15.4 Å². The van der Waals surface area contributed by atoms with Crippen molar-refractivity contribution in [1.82, 2.24) is 20.0 Å². The Bertz CT molecular complexity index is 1140. The fourth-order valence-electron chi connectivity index (χ4n) is 4.05. The van der Waals surface area contributed by atoms with E-state index in [2.05, 4.69) is 20.6 Å². The minimum Gasteiger partial charge on any atom is -0.379 e. The Kier molecular flexibility index (Phi) is 8.52. The maximum Gasteiger partial charge on any atom is 0.226 e. The number of aryl methyl sites for hydroxylation is 1. The zero-order valence-electron chi connectivity index (χ0n) is 19.8. The van der Waals surface area contributed by atoms with E-state index in [1.807, 2.05) is 49.4 Å². The van der Waals surface area contributed by atoms with E-state index in [1.54, 1.807) is 16.8 Å². The van der Waals surface area contributed by atoms with E-state index in [9.17, 15) is 9.59 Å². The monoisotopic (exact) mass is 495 g/mol. The summed E-state index contributed by atoms with van der Waals surface area (Å²) in [5.41, 5.74) is 3.34. The molecule has 2 amide bonds. The summed E-state index contributed by atoms with van der Waals surface area (Å²) >= 11 is 6.06. The molecule has 1 aliphatic rings. The summed E-state index contributed by atoms with van der Waals surface area (Å²) < 4.78 is 7.04. The summed E-state index contributed by atoms with van der Waals surface area (Å²) in [6, 6.07) is 17.1. The molecule has 0 spiro atoms. The standard InChI is InChI=1S/C26H30ClN5O3/c1-19-25(20-5-3-2-4-6-20)26(32(30-19)22-9-7-21(27)8-10-22)29-24(34)12-11-23(33)28-13-14-31-15-17-35-18-16-31/h2-10H,11-18H2,1H3,(H,28,33)(H,29,34). The number of carbonyl (C=O) groups excluding carboxylic acids is 2. The van der Waals surface area contributed by atoms with Gasteiger partial charge in [-0.25, -0.2) is 4.68 Å². The second-order valence-electron chi connectivity index (χ2n) is 8.42. The second kappa shape index (κ2) is 12.0. The van der Waals surface area contributed by atoms with Crippen LogP contribution in [-0.2, 0) is 14.3 Å². The van der Waals surface area contributed by atoms with Crippen LogP contribution in [0, 0.1) is 6.92 Å². The molecule has 35 heavy (non-hydrogen) atoms. The third-order valence-corrected chi connectivity index (χ3v) is 6.14. The molecule has 2 N–H and O–H groups in total. The first-order valence-corrected chi connectivity index (χ1v) is 12.2. The normalized spacial score (nSPS) is 14.0. The number of benzene rings is 2. The number of amides is 2. The van der Waals surface area contributed by atoms with Crippen LogP contribution in [0.15, 0.2) is 54.6 Å². The Morgan fingerprint density at radius 2 is 1.69 bits per heavy atom. The van der Waals surface area contributed by atoms with Crippen LogP contribution in [-0.4, -0.2) is 65.9 Å². The number of halogens is 1. The Morgan fingerprint density at radius 3 is 2.40 bits per heavy atom. The van der Waals surface area contributed by atoms with Crippen molar-refractivity contribution >= 4 is 29.2 Å². The SMILES string of the molecule is Cc1nn(-c2ccc(Cl)cc2)c(NC(=O)CCC(=O)NCCN2CCOCC2)c1-c1ccccc1. The second-order valence-corrected chi connectivity index (χ2v) is 8.85. The third kappa shape index (κ3) is 6.69. The molecule has 184 valence electrons. The van der Waals surface area contributed by atoms with Gasteiger partial charge in [-0.3, -0.25) is 14.5 Å². The van der Waals surface area contributed by atoms with E-state index in [0.29, 0.717) is 17.4 Å². The average Bonchev–Trinajstić information content (AvgIpc) is 3.19. The van der Waals surface area contributed by atoms with Crippen molar-refractivity contribution in [3.05, 3.63) is 65.3 Å². The molecule has 2 heterocycles. The molecular weight excluding hydrogens is 466 g/mol. The lowest BCUT2D eigenvalue weighted by Crippen LogP contribution is -2.41. The Morgan fingerprint density at radius 1 is 1.00 bits per heavy atom. The van der Waals surface area contributed by atoms with Crippen LogP contribution < -0.4 is 10.6 Å². The summed E-state index contributed by atoms with van der Waals surface area (Å²) in [5, 5.41) is 11.2. The van der Waals surface area contributed by atoms with Crippen molar-refractivity contribution in [3.8, 4) is 16.8 Å². The van der Waals surface area contributed by atoms with Gasteiger partial charge in [-0.2, -0.15) is 5.10 Å². The van der Waals surface area contributed by atoms with Gasteiger partial charge in [0.25, 0.3) is 0 Å². The van der Waals surface area contributed by atoms with Gasteiger partial charge >= 0.3 is 0 Å². The van der Waals surface area contributed by atoms with Crippen LogP contribution in [0.4, 0.5) is 5.82 Å². The molecule has 3 aromatic rings. The first-order chi connectivity index (χ1) is 17.0. The van der Waals surface area contributed by atoms with Crippen LogP contribution in [0.2, 0.25) is 5.02 Å². The van der Waals surface area contributed by atoms with E-state index >= 15 is 0 Å². The lowest BCUT2D eigenvalue weighted by Gasteiger charge is -2.26. The van der Waals surface area contributed by atoms with E-state index in [0.717, 1.165) is 55.4 Å². The van der Waals surface area contributed by atoms with Crippen molar-refractivity contribution in [3.63, 3.8) is 0 Å². The lowest BCUT2D eigenvalue weighted by atomic mass is 10.1. The minimum absolute atomic E-state index is 0.0719. The van der Waals surface area contributed by atoms with Crippen molar-refractivity contribution < 1.29 is 14.3 Å². The highest BCUT2D eigenvalue weighted by Crippen LogP contribution is 2.33. The molecular formula is C26H30ClN5O3. The Hall–Kier alpha value is -3.20. The number of aromatic nitrogens is 2. The molecule has 0 unspecified atom stereocenters. The summed E-state index contributed by atoms with van der Waals surface area (Å²) in [7, 11) is 0. The number of nitrogens with zero attached hydrogens (tertiary/aromatic N) is 3. The van der Waals surface area contributed by atoms with Gasteiger partial charge in [0, 0.05) is 49.6 Å². The first kappa shape index (κ1) is 24.9. The summed E-state index contributed by atoms with van der Waals surface area (Å²) in [6.45, 7) is 6.45. The van der Waals surface area contributed by atoms with Gasteiger partial charge in [0.15, 0.2) is 0 Å². The molecule has 0 bridgehead atoms. The highest BCUT2D eigenvalue weighted by atomic mass is 35.5. The number of rotatable bonds is 9. The van der Waals surface area contributed by atoms with E-state index in [1.165, 1.54) is 0 Å².